The molecule has 4 nitrogen and oxygen atoms in total. The standard InChI is InChI=1S/C18H25NO3S2/c1-3-6-15(19-8-4-2)18-16(20)10-14(11-17(18)21)13-7-5-9-24(12-13)23-22/h2,7,14,16,19-20H,3,5-6,8-12H2,1H3. The Kier molecular flexibility index (Phi) is 7.47. The second-order valence-electron chi connectivity index (χ2n) is 6.20. The maximum absolute atomic E-state index is 12.7. The Morgan fingerprint density at radius 3 is 3.00 bits per heavy atom. The quantitative estimate of drug-likeness (QED) is 0.441. The normalized spacial score (nSPS) is 29.5. The van der Waals surface area contributed by atoms with Crippen molar-refractivity contribution in [2.24, 2.45) is 5.92 Å². The topological polar surface area (TPSA) is 66.4 Å². The molecule has 0 aromatic heterocycles. The van der Waals surface area contributed by atoms with Crippen LogP contribution in [0.15, 0.2) is 22.9 Å². The summed E-state index contributed by atoms with van der Waals surface area (Å²) < 4.78 is 11.1. The van der Waals surface area contributed by atoms with Gasteiger partial charge in [-0.25, -0.2) is 4.21 Å². The maximum Gasteiger partial charge on any atom is 0.163 e. The van der Waals surface area contributed by atoms with Crippen LogP contribution in [0, 0.1) is 18.3 Å². The van der Waals surface area contributed by atoms with Crippen molar-refractivity contribution in [2.45, 2.75) is 45.1 Å². The predicted octanol–water partition coefficient (Wildman–Crippen LogP) is 1.68. The van der Waals surface area contributed by atoms with Crippen molar-refractivity contribution >= 4 is 25.5 Å². The summed E-state index contributed by atoms with van der Waals surface area (Å²) in [4.78, 5) is 12.7. The van der Waals surface area contributed by atoms with Crippen molar-refractivity contribution in [1.29, 1.82) is 0 Å². The lowest BCUT2D eigenvalue weighted by Crippen LogP contribution is -2.35. The van der Waals surface area contributed by atoms with Gasteiger partial charge in [-0.1, -0.05) is 40.4 Å². The van der Waals surface area contributed by atoms with Gasteiger partial charge in [0.15, 0.2) is 5.78 Å². The largest absolute Gasteiger partial charge is 0.388 e. The van der Waals surface area contributed by atoms with Crippen LogP contribution in [-0.2, 0) is 24.5 Å². The predicted molar refractivity (Wildman–Crippen MR) is 100 cm³/mol. The Morgan fingerprint density at radius 1 is 1.58 bits per heavy atom. The average molecular weight is 368 g/mol. The summed E-state index contributed by atoms with van der Waals surface area (Å²) in [7, 11) is 0.510. The van der Waals surface area contributed by atoms with Crippen LogP contribution in [0.4, 0.5) is 0 Å². The van der Waals surface area contributed by atoms with Crippen LogP contribution >= 0.6 is 0 Å². The third-order valence-electron chi connectivity index (χ3n) is 4.50. The van der Waals surface area contributed by atoms with E-state index in [1.165, 1.54) is 5.57 Å². The number of allylic oxidation sites excluding steroid dienone is 2. The third kappa shape index (κ3) is 4.69. The molecule has 0 radical (unpaired) electrons. The van der Waals surface area contributed by atoms with Gasteiger partial charge in [0.1, 0.15) is 10.2 Å². The van der Waals surface area contributed by atoms with E-state index in [4.69, 9.17) is 6.42 Å². The number of aliphatic hydroxyl groups is 1. The molecule has 2 N–H and O–H groups in total. The molecule has 3 unspecified atom stereocenters. The zero-order chi connectivity index (χ0) is 17.5. The highest BCUT2D eigenvalue weighted by Crippen LogP contribution is 2.34. The minimum absolute atomic E-state index is 0.00727. The van der Waals surface area contributed by atoms with E-state index in [9.17, 15) is 14.1 Å². The maximum atomic E-state index is 12.7. The SMILES string of the molecule is C#CCNC(CCC)=C1C(=O)CC(C2=CCCS(=S=O)C2)CC1O. The number of carbonyl (C=O) groups is 1. The first kappa shape index (κ1) is 19.2. The number of ketones is 1. The Labute approximate surface area is 149 Å². The fraction of sp³-hybridized carbons (Fsp3) is 0.611. The Bertz CT molecular complexity index is 654. The lowest BCUT2D eigenvalue weighted by atomic mass is 9.78. The van der Waals surface area contributed by atoms with Gasteiger partial charge in [0, 0.05) is 29.2 Å². The summed E-state index contributed by atoms with van der Waals surface area (Å²) >= 11 is 0. The highest BCUT2D eigenvalue weighted by atomic mass is 32.8. The second-order valence-corrected chi connectivity index (χ2v) is 9.73. The number of hydrogen-bond donors (Lipinski definition) is 2. The molecule has 0 spiro atoms. The van der Waals surface area contributed by atoms with E-state index in [-0.39, 0.29) is 21.2 Å². The zero-order valence-electron chi connectivity index (χ0n) is 14.0. The van der Waals surface area contributed by atoms with Gasteiger partial charge in [0.25, 0.3) is 0 Å². The summed E-state index contributed by atoms with van der Waals surface area (Å²) in [6.07, 6.45) is 10.2. The van der Waals surface area contributed by atoms with Gasteiger partial charge in [-0.05, 0) is 25.2 Å². The lowest BCUT2D eigenvalue weighted by molar-refractivity contribution is -0.119. The summed E-state index contributed by atoms with van der Waals surface area (Å²) in [5, 5.41) is 13.7. The van der Waals surface area contributed by atoms with E-state index in [0.717, 1.165) is 30.0 Å². The molecule has 3 atom stereocenters. The Balaban J connectivity index is 2.19. The van der Waals surface area contributed by atoms with Gasteiger partial charge in [-0.15, -0.1) is 6.42 Å². The van der Waals surface area contributed by atoms with Crippen LogP contribution in [0.25, 0.3) is 0 Å². The molecule has 1 fully saturated rings. The van der Waals surface area contributed by atoms with Gasteiger partial charge in [-0.2, -0.15) is 0 Å². The van der Waals surface area contributed by atoms with E-state index in [0.29, 0.717) is 41.6 Å². The summed E-state index contributed by atoms with van der Waals surface area (Å²) in [6, 6.07) is 0. The monoisotopic (exact) mass is 367 g/mol. The second kappa shape index (κ2) is 9.36. The molecule has 1 heterocycles. The molecule has 2 aliphatic rings. The van der Waals surface area contributed by atoms with Gasteiger partial charge < -0.3 is 10.4 Å². The van der Waals surface area contributed by atoms with Crippen LogP contribution in [0.1, 0.15) is 39.0 Å². The number of terminal acetylenes is 1. The van der Waals surface area contributed by atoms with Gasteiger partial charge in [0.2, 0.25) is 0 Å². The molecular weight excluding hydrogens is 342 g/mol. The highest BCUT2D eigenvalue weighted by Gasteiger charge is 2.35. The van der Waals surface area contributed by atoms with E-state index < -0.39 is 6.10 Å². The van der Waals surface area contributed by atoms with E-state index in [1.807, 2.05) is 6.92 Å². The lowest BCUT2D eigenvalue weighted by Gasteiger charge is -2.32. The molecule has 1 aliphatic carbocycles. The van der Waals surface area contributed by atoms with Gasteiger partial charge in [-0.3, -0.25) is 4.79 Å². The number of hydrogen-bond acceptors (Lipinski definition) is 4. The zero-order valence-corrected chi connectivity index (χ0v) is 15.7. The van der Waals surface area contributed by atoms with Crippen LogP contribution in [0.5, 0.6) is 0 Å². The van der Waals surface area contributed by atoms with E-state index in [2.05, 4.69) is 17.3 Å². The molecule has 0 bridgehead atoms. The first-order chi connectivity index (χ1) is 11.6. The third-order valence-corrected chi connectivity index (χ3v) is 7.47. The van der Waals surface area contributed by atoms with Crippen molar-refractivity contribution in [3.63, 3.8) is 0 Å². The van der Waals surface area contributed by atoms with E-state index in [1.54, 1.807) is 0 Å². The van der Waals surface area contributed by atoms with Crippen molar-refractivity contribution < 1.29 is 14.1 Å². The molecule has 1 saturated carbocycles. The molecule has 24 heavy (non-hydrogen) atoms. The number of carbonyl (C=O) groups excluding carboxylic acids is 1. The van der Waals surface area contributed by atoms with Crippen molar-refractivity contribution in [3.8, 4) is 12.3 Å². The first-order valence-electron chi connectivity index (χ1n) is 8.39. The number of nitrogens with one attached hydrogen (secondary N) is 1. The average Bonchev–Trinajstić information content (AvgIpc) is 2.59. The van der Waals surface area contributed by atoms with Crippen molar-refractivity contribution in [3.05, 3.63) is 22.9 Å². The molecule has 0 aromatic rings. The smallest absolute Gasteiger partial charge is 0.163 e. The molecule has 0 saturated heterocycles. The molecule has 6 heteroatoms. The Morgan fingerprint density at radius 2 is 2.38 bits per heavy atom. The fourth-order valence-electron chi connectivity index (χ4n) is 3.40. The van der Waals surface area contributed by atoms with E-state index >= 15 is 0 Å². The van der Waals surface area contributed by atoms with Crippen LogP contribution < -0.4 is 5.32 Å². The van der Waals surface area contributed by atoms with Crippen LogP contribution in [0.3, 0.4) is 0 Å². The highest BCUT2D eigenvalue weighted by molar-refractivity contribution is 8.31. The van der Waals surface area contributed by atoms with Gasteiger partial charge in [0.05, 0.1) is 12.6 Å². The molecule has 0 aromatic carbocycles. The molecule has 2 rings (SSSR count). The summed E-state index contributed by atoms with van der Waals surface area (Å²) in [5.74, 6) is 4.30. The van der Waals surface area contributed by atoms with Gasteiger partial charge >= 0.3 is 0 Å². The fourth-order valence-corrected chi connectivity index (χ4v) is 5.82. The van der Waals surface area contributed by atoms with Crippen molar-refractivity contribution in [1.82, 2.24) is 5.32 Å². The minimum Gasteiger partial charge on any atom is -0.388 e. The minimum atomic E-state index is -0.757. The van der Waals surface area contributed by atoms with Crippen LogP contribution in [0.2, 0.25) is 0 Å². The molecular formula is C18H25NO3S2. The van der Waals surface area contributed by atoms with Crippen LogP contribution in [-0.4, -0.2) is 39.3 Å². The number of rotatable bonds is 5. The molecule has 1 aliphatic heterocycles. The number of aliphatic hydroxyl groups excluding tert-OH is 1. The first-order valence-corrected chi connectivity index (χ1v) is 11.2. The molecule has 0 amide bonds. The summed E-state index contributed by atoms with van der Waals surface area (Å²) in [6.45, 7) is 2.39. The Hall–Kier alpha value is -1.16. The number of Topliss-reactive ketones (excluding diaryl/α,β-unsaturated/α-hetero) is 1. The van der Waals surface area contributed by atoms with Crippen molar-refractivity contribution in [2.75, 3.05) is 18.1 Å². The summed E-state index contributed by atoms with van der Waals surface area (Å²) in [5.41, 5.74) is 2.49. The molecule has 132 valence electrons.